The highest BCUT2D eigenvalue weighted by molar-refractivity contribution is 9.10. The predicted molar refractivity (Wildman–Crippen MR) is 116 cm³/mol. The van der Waals surface area contributed by atoms with E-state index < -0.39 is 0 Å². The second-order valence-electron chi connectivity index (χ2n) is 6.34. The number of ether oxygens (including phenoxy) is 1. The Morgan fingerprint density at radius 3 is 2.64 bits per heavy atom. The van der Waals surface area contributed by atoms with E-state index in [9.17, 15) is 9.59 Å². The van der Waals surface area contributed by atoms with E-state index in [2.05, 4.69) is 21.2 Å². The van der Waals surface area contributed by atoms with Crippen LogP contribution in [0.15, 0.2) is 53.0 Å². The molecule has 0 spiro atoms. The summed E-state index contributed by atoms with van der Waals surface area (Å²) in [6.45, 7) is 4.40. The van der Waals surface area contributed by atoms with Gasteiger partial charge in [-0.2, -0.15) is 0 Å². The molecule has 2 aromatic rings. The van der Waals surface area contributed by atoms with Gasteiger partial charge in [0, 0.05) is 28.3 Å². The SMILES string of the molecule is CCCN(CC(=O)Nc1ccccc1C)C(=O)/C=C/c1cc(Br)ccc1OC. The summed E-state index contributed by atoms with van der Waals surface area (Å²) in [7, 11) is 1.59. The lowest BCUT2D eigenvalue weighted by Crippen LogP contribution is -2.37. The number of benzene rings is 2. The molecule has 2 rings (SSSR count). The van der Waals surface area contributed by atoms with Gasteiger partial charge >= 0.3 is 0 Å². The Labute approximate surface area is 174 Å². The highest BCUT2D eigenvalue weighted by atomic mass is 79.9. The number of halogens is 1. The number of hydrogen-bond donors (Lipinski definition) is 1. The van der Waals surface area contributed by atoms with Gasteiger partial charge in [-0.15, -0.1) is 0 Å². The van der Waals surface area contributed by atoms with Crippen LogP contribution in [-0.2, 0) is 9.59 Å². The molecule has 2 amide bonds. The van der Waals surface area contributed by atoms with Crippen LogP contribution >= 0.6 is 15.9 Å². The fourth-order valence-electron chi connectivity index (χ4n) is 2.72. The van der Waals surface area contributed by atoms with Gasteiger partial charge in [0.05, 0.1) is 7.11 Å². The van der Waals surface area contributed by atoms with Crippen LogP contribution in [0.25, 0.3) is 6.08 Å². The molecule has 0 heterocycles. The van der Waals surface area contributed by atoms with E-state index in [0.29, 0.717) is 12.3 Å². The fraction of sp³-hybridized carbons (Fsp3) is 0.273. The van der Waals surface area contributed by atoms with Gasteiger partial charge in [0.15, 0.2) is 0 Å². The maximum Gasteiger partial charge on any atom is 0.247 e. The molecule has 0 aliphatic carbocycles. The molecule has 2 aromatic carbocycles. The molecule has 28 heavy (non-hydrogen) atoms. The minimum Gasteiger partial charge on any atom is -0.496 e. The van der Waals surface area contributed by atoms with E-state index in [1.54, 1.807) is 13.2 Å². The first-order chi connectivity index (χ1) is 13.4. The maximum atomic E-state index is 12.7. The summed E-state index contributed by atoms with van der Waals surface area (Å²) in [6, 6.07) is 13.1. The largest absolute Gasteiger partial charge is 0.496 e. The summed E-state index contributed by atoms with van der Waals surface area (Å²) in [5, 5.41) is 2.87. The molecule has 148 valence electrons. The van der Waals surface area contributed by atoms with Crippen molar-refractivity contribution in [2.24, 2.45) is 0 Å². The van der Waals surface area contributed by atoms with Crippen molar-refractivity contribution in [1.29, 1.82) is 0 Å². The molecule has 5 nitrogen and oxygen atoms in total. The number of carbonyl (C=O) groups is 2. The summed E-state index contributed by atoms with van der Waals surface area (Å²) < 4.78 is 6.21. The molecule has 0 aliphatic heterocycles. The summed E-state index contributed by atoms with van der Waals surface area (Å²) in [5.41, 5.74) is 2.52. The van der Waals surface area contributed by atoms with Gasteiger partial charge in [-0.25, -0.2) is 0 Å². The second-order valence-corrected chi connectivity index (χ2v) is 7.26. The molecular weight excluding hydrogens is 420 g/mol. The number of methoxy groups -OCH3 is 1. The number of anilines is 1. The van der Waals surface area contributed by atoms with Crippen molar-refractivity contribution >= 4 is 39.5 Å². The zero-order valence-electron chi connectivity index (χ0n) is 16.4. The van der Waals surface area contributed by atoms with Crippen molar-refractivity contribution in [3.8, 4) is 5.75 Å². The standard InChI is InChI=1S/C22H25BrN2O3/c1-4-13-25(15-21(26)24-19-8-6-5-7-16(19)2)22(27)12-9-17-14-18(23)10-11-20(17)28-3/h5-12,14H,4,13,15H2,1-3H3,(H,24,26)/b12-9+. The summed E-state index contributed by atoms with van der Waals surface area (Å²) in [5.74, 6) is 0.236. The molecule has 6 heteroatoms. The van der Waals surface area contributed by atoms with Crippen LogP contribution in [0.1, 0.15) is 24.5 Å². The van der Waals surface area contributed by atoms with Crippen molar-refractivity contribution in [3.63, 3.8) is 0 Å². The average molecular weight is 445 g/mol. The average Bonchev–Trinajstić information content (AvgIpc) is 2.67. The number of para-hydroxylation sites is 1. The lowest BCUT2D eigenvalue weighted by Gasteiger charge is -2.20. The molecule has 0 atom stereocenters. The second kappa shape index (κ2) is 10.7. The van der Waals surface area contributed by atoms with E-state index >= 15 is 0 Å². The minimum absolute atomic E-state index is 0.000959. The zero-order chi connectivity index (χ0) is 20.5. The Hall–Kier alpha value is -2.60. The minimum atomic E-state index is -0.219. The number of aryl methyl sites for hydroxylation is 1. The molecule has 0 aliphatic rings. The van der Waals surface area contributed by atoms with E-state index in [0.717, 1.165) is 27.7 Å². The molecule has 0 unspecified atom stereocenters. The highest BCUT2D eigenvalue weighted by Gasteiger charge is 2.15. The smallest absolute Gasteiger partial charge is 0.247 e. The summed E-state index contributed by atoms with van der Waals surface area (Å²) in [4.78, 5) is 26.6. The topological polar surface area (TPSA) is 58.6 Å². The van der Waals surface area contributed by atoms with E-state index in [1.165, 1.54) is 11.0 Å². The normalized spacial score (nSPS) is 10.7. The van der Waals surface area contributed by atoms with Crippen LogP contribution in [-0.4, -0.2) is 36.9 Å². The van der Waals surface area contributed by atoms with E-state index in [4.69, 9.17) is 4.74 Å². The molecule has 0 saturated carbocycles. The van der Waals surface area contributed by atoms with Crippen LogP contribution in [0.5, 0.6) is 5.75 Å². The quantitative estimate of drug-likeness (QED) is 0.602. The van der Waals surface area contributed by atoms with Crippen LogP contribution in [0.4, 0.5) is 5.69 Å². The van der Waals surface area contributed by atoms with Gasteiger partial charge in [-0.05, 0) is 49.2 Å². The van der Waals surface area contributed by atoms with Gasteiger partial charge in [-0.1, -0.05) is 41.1 Å². The lowest BCUT2D eigenvalue weighted by molar-refractivity contribution is -0.130. The molecule has 1 N–H and O–H groups in total. The first kappa shape index (κ1) is 21.7. The number of nitrogens with one attached hydrogen (secondary N) is 1. The first-order valence-corrected chi connectivity index (χ1v) is 9.90. The number of amides is 2. The molecule has 0 fully saturated rings. The zero-order valence-corrected chi connectivity index (χ0v) is 18.0. The van der Waals surface area contributed by atoms with Crippen molar-refractivity contribution in [2.45, 2.75) is 20.3 Å². The summed E-state index contributed by atoms with van der Waals surface area (Å²) >= 11 is 3.42. The lowest BCUT2D eigenvalue weighted by atomic mass is 10.2. The number of rotatable bonds is 8. The molecule has 0 aromatic heterocycles. The Balaban J connectivity index is 2.08. The Morgan fingerprint density at radius 1 is 1.21 bits per heavy atom. The van der Waals surface area contributed by atoms with Crippen molar-refractivity contribution in [3.05, 3.63) is 64.1 Å². The van der Waals surface area contributed by atoms with Crippen LogP contribution in [0, 0.1) is 6.92 Å². The van der Waals surface area contributed by atoms with E-state index in [-0.39, 0.29) is 18.4 Å². The van der Waals surface area contributed by atoms with Crippen molar-refractivity contribution < 1.29 is 14.3 Å². The number of hydrogen-bond acceptors (Lipinski definition) is 3. The number of carbonyl (C=O) groups excluding carboxylic acids is 2. The number of nitrogens with zero attached hydrogens (tertiary/aromatic N) is 1. The van der Waals surface area contributed by atoms with Gasteiger partial charge < -0.3 is 15.0 Å². The van der Waals surface area contributed by atoms with Crippen LogP contribution < -0.4 is 10.1 Å². The first-order valence-electron chi connectivity index (χ1n) is 9.10. The fourth-order valence-corrected chi connectivity index (χ4v) is 3.09. The molecule has 0 radical (unpaired) electrons. The van der Waals surface area contributed by atoms with Gasteiger partial charge in [0.1, 0.15) is 12.3 Å². The highest BCUT2D eigenvalue weighted by Crippen LogP contribution is 2.24. The van der Waals surface area contributed by atoms with Crippen molar-refractivity contribution in [2.75, 3.05) is 25.5 Å². The third-order valence-electron chi connectivity index (χ3n) is 4.16. The molecule has 0 saturated heterocycles. The Bertz CT molecular complexity index is 865. The van der Waals surface area contributed by atoms with E-state index in [1.807, 2.05) is 56.3 Å². The predicted octanol–water partition coefficient (Wildman–Crippen LogP) is 4.66. The molecular formula is C22H25BrN2O3. The third kappa shape index (κ3) is 6.23. The maximum absolute atomic E-state index is 12.7. The van der Waals surface area contributed by atoms with Crippen LogP contribution in [0.3, 0.4) is 0 Å². The Kier molecular flexibility index (Phi) is 8.26. The van der Waals surface area contributed by atoms with Gasteiger partial charge in [0.25, 0.3) is 0 Å². The van der Waals surface area contributed by atoms with Gasteiger partial charge in [-0.3, -0.25) is 9.59 Å². The van der Waals surface area contributed by atoms with Gasteiger partial charge in [0.2, 0.25) is 11.8 Å². The third-order valence-corrected chi connectivity index (χ3v) is 4.65. The molecule has 0 bridgehead atoms. The van der Waals surface area contributed by atoms with Crippen LogP contribution in [0.2, 0.25) is 0 Å². The summed E-state index contributed by atoms with van der Waals surface area (Å²) in [6.07, 6.45) is 3.94. The Morgan fingerprint density at radius 2 is 1.96 bits per heavy atom. The monoisotopic (exact) mass is 444 g/mol. The van der Waals surface area contributed by atoms with Crippen molar-refractivity contribution in [1.82, 2.24) is 4.90 Å².